The third kappa shape index (κ3) is 5.01. The SMILES string of the molecule is COc1ccc(Br)cc1CC(C)(C)CC(C)Br. The van der Waals surface area contributed by atoms with E-state index in [1.807, 2.05) is 12.1 Å². The molecule has 0 saturated carbocycles. The number of halogens is 2. The second-order valence-electron chi connectivity index (χ2n) is 5.28. The quantitative estimate of drug-likeness (QED) is 0.653. The maximum Gasteiger partial charge on any atom is 0.122 e. The first kappa shape index (κ1) is 15.0. The van der Waals surface area contributed by atoms with Gasteiger partial charge in [-0.05, 0) is 42.0 Å². The molecule has 1 aromatic rings. The molecule has 1 rings (SSSR count). The first-order valence-electron chi connectivity index (χ1n) is 5.80. The molecule has 1 nitrogen and oxygen atoms in total. The molecular weight excluding hydrogens is 344 g/mol. The summed E-state index contributed by atoms with van der Waals surface area (Å²) >= 11 is 7.15. The van der Waals surface area contributed by atoms with E-state index in [0.717, 1.165) is 23.1 Å². The van der Waals surface area contributed by atoms with Gasteiger partial charge in [-0.25, -0.2) is 0 Å². The Kier molecular flexibility index (Phi) is 5.52. The molecule has 0 heterocycles. The van der Waals surface area contributed by atoms with Gasteiger partial charge >= 0.3 is 0 Å². The van der Waals surface area contributed by atoms with Crippen LogP contribution in [0.3, 0.4) is 0 Å². The van der Waals surface area contributed by atoms with Crippen molar-refractivity contribution < 1.29 is 4.74 Å². The van der Waals surface area contributed by atoms with Gasteiger partial charge in [0.25, 0.3) is 0 Å². The summed E-state index contributed by atoms with van der Waals surface area (Å²) in [4.78, 5) is 0.538. The van der Waals surface area contributed by atoms with Crippen molar-refractivity contribution in [2.24, 2.45) is 5.41 Å². The minimum absolute atomic E-state index is 0.261. The van der Waals surface area contributed by atoms with Crippen LogP contribution in [0.2, 0.25) is 0 Å². The van der Waals surface area contributed by atoms with Gasteiger partial charge in [0.1, 0.15) is 5.75 Å². The molecule has 0 aliphatic rings. The minimum atomic E-state index is 0.261. The molecule has 1 unspecified atom stereocenters. The Morgan fingerprint density at radius 2 is 2.00 bits per heavy atom. The largest absolute Gasteiger partial charge is 0.496 e. The first-order valence-corrected chi connectivity index (χ1v) is 7.51. The molecule has 17 heavy (non-hydrogen) atoms. The lowest BCUT2D eigenvalue weighted by molar-refractivity contribution is 0.325. The lowest BCUT2D eigenvalue weighted by atomic mass is 9.81. The van der Waals surface area contributed by atoms with Gasteiger partial charge < -0.3 is 4.74 Å². The van der Waals surface area contributed by atoms with Crippen molar-refractivity contribution >= 4 is 31.9 Å². The van der Waals surface area contributed by atoms with Gasteiger partial charge in [0, 0.05) is 9.30 Å². The van der Waals surface area contributed by atoms with Crippen molar-refractivity contribution in [2.45, 2.75) is 38.4 Å². The van der Waals surface area contributed by atoms with E-state index < -0.39 is 0 Å². The molecule has 0 fully saturated rings. The summed E-state index contributed by atoms with van der Waals surface area (Å²) in [7, 11) is 1.73. The number of hydrogen-bond acceptors (Lipinski definition) is 1. The van der Waals surface area contributed by atoms with E-state index in [1.165, 1.54) is 5.56 Å². The van der Waals surface area contributed by atoms with Gasteiger partial charge in [0.15, 0.2) is 0 Å². The monoisotopic (exact) mass is 362 g/mol. The standard InChI is InChI=1S/C14H20Br2O/c1-10(15)8-14(2,3)9-11-7-12(16)5-6-13(11)17-4/h5-7,10H,8-9H2,1-4H3. The Bertz CT molecular complexity index is 372. The van der Waals surface area contributed by atoms with Crippen LogP contribution in [0.15, 0.2) is 22.7 Å². The van der Waals surface area contributed by atoms with E-state index in [-0.39, 0.29) is 5.41 Å². The van der Waals surface area contributed by atoms with Crippen LogP contribution in [-0.4, -0.2) is 11.9 Å². The van der Waals surface area contributed by atoms with Crippen molar-refractivity contribution in [1.82, 2.24) is 0 Å². The average Bonchev–Trinajstić information content (AvgIpc) is 2.14. The maximum atomic E-state index is 5.42. The topological polar surface area (TPSA) is 9.23 Å². The minimum Gasteiger partial charge on any atom is -0.496 e. The van der Waals surface area contributed by atoms with Crippen LogP contribution in [0.1, 0.15) is 32.8 Å². The summed E-state index contributed by atoms with van der Waals surface area (Å²) in [5.41, 5.74) is 1.52. The highest BCUT2D eigenvalue weighted by Crippen LogP contribution is 2.34. The lowest BCUT2D eigenvalue weighted by Crippen LogP contribution is -2.19. The van der Waals surface area contributed by atoms with E-state index in [0.29, 0.717) is 4.83 Å². The molecule has 0 aliphatic heterocycles. The second kappa shape index (κ2) is 6.24. The average molecular weight is 364 g/mol. The molecule has 3 heteroatoms. The Morgan fingerprint density at radius 1 is 1.35 bits per heavy atom. The van der Waals surface area contributed by atoms with Crippen molar-refractivity contribution in [1.29, 1.82) is 0 Å². The van der Waals surface area contributed by atoms with Crippen molar-refractivity contribution in [3.05, 3.63) is 28.2 Å². The fourth-order valence-corrected chi connectivity index (χ4v) is 3.52. The van der Waals surface area contributed by atoms with Crippen LogP contribution < -0.4 is 4.74 Å². The normalized spacial score (nSPS) is 13.5. The summed E-state index contributed by atoms with van der Waals surface area (Å²) in [5.74, 6) is 0.975. The summed E-state index contributed by atoms with van der Waals surface area (Å²) in [6.07, 6.45) is 2.16. The van der Waals surface area contributed by atoms with Gasteiger partial charge in [-0.15, -0.1) is 0 Å². The fraction of sp³-hybridized carbons (Fsp3) is 0.571. The maximum absolute atomic E-state index is 5.42. The van der Waals surface area contributed by atoms with Crippen LogP contribution in [0.5, 0.6) is 5.75 Å². The van der Waals surface area contributed by atoms with E-state index in [2.05, 4.69) is 58.7 Å². The number of benzene rings is 1. The molecule has 0 saturated heterocycles. The zero-order valence-corrected chi connectivity index (χ0v) is 14.1. The van der Waals surface area contributed by atoms with Crippen LogP contribution in [-0.2, 0) is 6.42 Å². The fourth-order valence-electron chi connectivity index (χ4n) is 2.23. The van der Waals surface area contributed by atoms with E-state index in [1.54, 1.807) is 7.11 Å². The third-order valence-electron chi connectivity index (χ3n) is 2.75. The Balaban J connectivity index is 2.89. The summed E-state index contributed by atoms with van der Waals surface area (Å²) < 4.78 is 6.53. The molecule has 0 bridgehead atoms. The summed E-state index contributed by atoms with van der Waals surface area (Å²) in [6, 6.07) is 6.19. The predicted octanol–water partition coefficient (Wildman–Crippen LogP) is 5.20. The molecule has 0 aliphatic carbocycles. The summed E-state index contributed by atoms with van der Waals surface area (Å²) in [5, 5.41) is 0. The van der Waals surface area contributed by atoms with Crippen LogP contribution in [0, 0.1) is 5.41 Å². The molecule has 0 aromatic heterocycles. The molecule has 1 atom stereocenters. The molecule has 0 radical (unpaired) electrons. The second-order valence-corrected chi connectivity index (χ2v) is 7.76. The van der Waals surface area contributed by atoms with Gasteiger partial charge in [-0.1, -0.05) is 52.6 Å². The molecule has 0 amide bonds. The molecule has 0 N–H and O–H groups in total. The molecule has 0 spiro atoms. The van der Waals surface area contributed by atoms with Gasteiger partial charge in [0.05, 0.1) is 7.11 Å². The Labute approximate surface area is 121 Å². The van der Waals surface area contributed by atoms with Crippen molar-refractivity contribution in [3.63, 3.8) is 0 Å². The van der Waals surface area contributed by atoms with Gasteiger partial charge in [-0.2, -0.15) is 0 Å². The lowest BCUT2D eigenvalue weighted by Gasteiger charge is -2.27. The van der Waals surface area contributed by atoms with Crippen LogP contribution in [0.25, 0.3) is 0 Å². The van der Waals surface area contributed by atoms with Gasteiger partial charge in [-0.3, -0.25) is 0 Å². The zero-order valence-electron chi connectivity index (χ0n) is 10.9. The van der Waals surface area contributed by atoms with E-state index in [4.69, 9.17) is 4.74 Å². The van der Waals surface area contributed by atoms with Crippen LogP contribution in [0.4, 0.5) is 0 Å². The third-order valence-corrected chi connectivity index (χ3v) is 3.56. The highest BCUT2D eigenvalue weighted by molar-refractivity contribution is 9.10. The number of ether oxygens (including phenoxy) is 1. The van der Waals surface area contributed by atoms with Crippen molar-refractivity contribution in [2.75, 3.05) is 7.11 Å². The van der Waals surface area contributed by atoms with Crippen molar-refractivity contribution in [3.8, 4) is 5.75 Å². The molecule has 1 aromatic carbocycles. The number of rotatable bonds is 5. The first-order chi connectivity index (χ1) is 7.84. The number of alkyl halides is 1. The van der Waals surface area contributed by atoms with Crippen LogP contribution >= 0.6 is 31.9 Å². The Hall–Kier alpha value is -0.0200. The van der Waals surface area contributed by atoms with E-state index in [9.17, 15) is 0 Å². The zero-order chi connectivity index (χ0) is 13.1. The Morgan fingerprint density at radius 3 is 2.53 bits per heavy atom. The molecular formula is C14H20Br2O. The highest BCUT2D eigenvalue weighted by Gasteiger charge is 2.22. The number of hydrogen-bond donors (Lipinski definition) is 0. The number of methoxy groups -OCH3 is 1. The highest BCUT2D eigenvalue weighted by atomic mass is 79.9. The predicted molar refractivity (Wildman–Crippen MR) is 81.2 cm³/mol. The van der Waals surface area contributed by atoms with Gasteiger partial charge in [0.2, 0.25) is 0 Å². The summed E-state index contributed by atoms with van der Waals surface area (Å²) in [6.45, 7) is 6.79. The van der Waals surface area contributed by atoms with E-state index >= 15 is 0 Å². The molecule has 96 valence electrons. The smallest absolute Gasteiger partial charge is 0.122 e.